The zero-order valence-electron chi connectivity index (χ0n) is 8.53. The molecule has 0 amide bonds. The van der Waals surface area contributed by atoms with Crippen molar-refractivity contribution in [2.45, 2.75) is 19.3 Å². The lowest BCUT2D eigenvalue weighted by molar-refractivity contribution is -0.137. The summed E-state index contributed by atoms with van der Waals surface area (Å²) in [7, 11) is 0. The molecule has 1 unspecified atom stereocenters. The lowest BCUT2D eigenvalue weighted by Gasteiger charge is -2.15. The van der Waals surface area contributed by atoms with Crippen molar-refractivity contribution in [2.24, 2.45) is 5.73 Å². The molecule has 15 heavy (non-hydrogen) atoms. The van der Waals surface area contributed by atoms with Crippen molar-refractivity contribution < 1.29 is 9.90 Å². The van der Waals surface area contributed by atoms with Crippen molar-refractivity contribution >= 4 is 21.9 Å². The molecule has 1 rings (SSSR count). The Kier molecular flexibility index (Phi) is 4.29. The van der Waals surface area contributed by atoms with Crippen LogP contribution in [0.4, 0.5) is 0 Å². The number of nitrogens with two attached hydrogens (primary N) is 1. The largest absolute Gasteiger partial charge is 0.481 e. The van der Waals surface area contributed by atoms with Crippen LogP contribution in [0, 0.1) is 6.92 Å². The van der Waals surface area contributed by atoms with Crippen LogP contribution in [-0.4, -0.2) is 17.6 Å². The fourth-order valence-electron chi connectivity index (χ4n) is 1.49. The van der Waals surface area contributed by atoms with Crippen LogP contribution in [0.2, 0.25) is 0 Å². The van der Waals surface area contributed by atoms with E-state index in [-0.39, 0.29) is 12.3 Å². The highest BCUT2D eigenvalue weighted by molar-refractivity contribution is 9.10. The van der Waals surface area contributed by atoms with Gasteiger partial charge in [-0.2, -0.15) is 0 Å². The number of rotatable bonds is 4. The average molecular weight is 272 g/mol. The Morgan fingerprint density at radius 3 is 2.73 bits per heavy atom. The maximum absolute atomic E-state index is 10.6. The van der Waals surface area contributed by atoms with Gasteiger partial charge in [0.15, 0.2) is 0 Å². The molecule has 0 aliphatic heterocycles. The fourth-order valence-corrected chi connectivity index (χ4v) is 2.31. The smallest absolute Gasteiger partial charge is 0.304 e. The molecular formula is C11H14BrNO2. The number of carbonyl (C=O) groups is 1. The van der Waals surface area contributed by atoms with E-state index in [1.807, 2.05) is 25.1 Å². The second-order valence-corrected chi connectivity index (χ2v) is 4.41. The standard InChI is InChI=1S/C11H14BrNO2/c1-7-2-3-9(10(12)4-7)8(6-13)5-11(14)15/h2-4,8H,5-6,13H2,1H3,(H,14,15). The van der Waals surface area contributed by atoms with Gasteiger partial charge >= 0.3 is 5.97 Å². The van der Waals surface area contributed by atoms with Crippen LogP contribution < -0.4 is 5.73 Å². The van der Waals surface area contributed by atoms with Crippen LogP contribution in [0.1, 0.15) is 23.5 Å². The van der Waals surface area contributed by atoms with Crippen molar-refractivity contribution in [1.82, 2.24) is 0 Å². The predicted molar refractivity (Wildman–Crippen MR) is 62.9 cm³/mol. The van der Waals surface area contributed by atoms with Crippen LogP contribution in [0.3, 0.4) is 0 Å². The van der Waals surface area contributed by atoms with Crippen molar-refractivity contribution in [3.05, 3.63) is 33.8 Å². The normalized spacial score (nSPS) is 12.5. The molecular weight excluding hydrogens is 258 g/mol. The molecule has 0 saturated carbocycles. The monoisotopic (exact) mass is 271 g/mol. The van der Waals surface area contributed by atoms with E-state index >= 15 is 0 Å². The SMILES string of the molecule is Cc1ccc(C(CN)CC(=O)O)c(Br)c1. The van der Waals surface area contributed by atoms with Crippen molar-refractivity contribution in [3.8, 4) is 0 Å². The lowest BCUT2D eigenvalue weighted by atomic mass is 9.95. The second kappa shape index (κ2) is 5.28. The molecule has 0 radical (unpaired) electrons. The number of hydrogen-bond acceptors (Lipinski definition) is 2. The van der Waals surface area contributed by atoms with E-state index in [1.165, 1.54) is 0 Å². The number of benzene rings is 1. The van der Waals surface area contributed by atoms with Crippen LogP contribution >= 0.6 is 15.9 Å². The highest BCUT2D eigenvalue weighted by Gasteiger charge is 2.16. The number of aryl methyl sites for hydroxylation is 1. The first-order valence-corrected chi connectivity index (χ1v) is 5.51. The molecule has 1 aromatic rings. The Bertz CT molecular complexity index is 366. The molecule has 4 heteroatoms. The Morgan fingerprint density at radius 2 is 2.27 bits per heavy atom. The summed E-state index contributed by atoms with van der Waals surface area (Å²) in [5, 5.41) is 8.75. The number of carboxylic acid groups (broad SMARTS) is 1. The van der Waals surface area contributed by atoms with Crippen molar-refractivity contribution in [2.75, 3.05) is 6.54 Å². The van der Waals surface area contributed by atoms with Gasteiger partial charge in [-0.1, -0.05) is 28.1 Å². The molecule has 0 saturated heterocycles. The van der Waals surface area contributed by atoms with Gasteiger partial charge in [-0.15, -0.1) is 0 Å². The Hall–Kier alpha value is -0.870. The minimum atomic E-state index is -0.821. The summed E-state index contributed by atoms with van der Waals surface area (Å²) < 4.78 is 0.930. The van der Waals surface area contributed by atoms with E-state index in [1.54, 1.807) is 0 Å². The summed E-state index contributed by atoms with van der Waals surface area (Å²) in [6, 6.07) is 5.87. The van der Waals surface area contributed by atoms with Crippen LogP contribution in [0.25, 0.3) is 0 Å². The van der Waals surface area contributed by atoms with Gasteiger partial charge in [-0.3, -0.25) is 4.79 Å². The summed E-state index contributed by atoms with van der Waals surface area (Å²) in [6.45, 7) is 2.33. The highest BCUT2D eigenvalue weighted by atomic mass is 79.9. The summed E-state index contributed by atoms with van der Waals surface area (Å²) in [4.78, 5) is 10.6. The minimum Gasteiger partial charge on any atom is -0.481 e. The first-order valence-electron chi connectivity index (χ1n) is 4.72. The number of halogens is 1. The number of carboxylic acids is 1. The molecule has 0 aliphatic rings. The molecule has 1 aromatic carbocycles. The van der Waals surface area contributed by atoms with Gasteiger partial charge in [-0.25, -0.2) is 0 Å². The number of aliphatic carboxylic acids is 1. The highest BCUT2D eigenvalue weighted by Crippen LogP contribution is 2.27. The third-order valence-electron chi connectivity index (χ3n) is 2.30. The molecule has 0 heterocycles. The van der Waals surface area contributed by atoms with Crippen LogP contribution in [0.5, 0.6) is 0 Å². The van der Waals surface area contributed by atoms with Gasteiger partial charge in [0.05, 0.1) is 6.42 Å². The van der Waals surface area contributed by atoms with E-state index in [9.17, 15) is 4.79 Å². The summed E-state index contributed by atoms with van der Waals surface area (Å²) in [6.07, 6.45) is 0.0676. The Morgan fingerprint density at radius 1 is 1.60 bits per heavy atom. The molecule has 0 aromatic heterocycles. The number of hydrogen-bond donors (Lipinski definition) is 2. The summed E-state index contributed by atoms with van der Waals surface area (Å²) >= 11 is 3.43. The van der Waals surface area contributed by atoms with E-state index in [0.29, 0.717) is 6.54 Å². The van der Waals surface area contributed by atoms with E-state index in [4.69, 9.17) is 10.8 Å². The van der Waals surface area contributed by atoms with Gasteiger partial charge < -0.3 is 10.8 Å². The third-order valence-corrected chi connectivity index (χ3v) is 2.99. The Labute approximate surface area is 97.4 Å². The molecule has 0 bridgehead atoms. The maximum Gasteiger partial charge on any atom is 0.304 e. The van der Waals surface area contributed by atoms with Gasteiger partial charge in [0.1, 0.15) is 0 Å². The zero-order valence-corrected chi connectivity index (χ0v) is 10.1. The predicted octanol–water partition coefficient (Wildman–Crippen LogP) is 2.27. The topological polar surface area (TPSA) is 63.3 Å². The second-order valence-electron chi connectivity index (χ2n) is 3.56. The molecule has 0 fully saturated rings. The van der Waals surface area contributed by atoms with E-state index in [2.05, 4.69) is 15.9 Å². The van der Waals surface area contributed by atoms with Crippen LogP contribution in [0.15, 0.2) is 22.7 Å². The third kappa shape index (κ3) is 3.32. The lowest BCUT2D eigenvalue weighted by Crippen LogP contribution is -2.16. The first-order chi connectivity index (χ1) is 7.04. The quantitative estimate of drug-likeness (QED) is 0.883. The molecule has 3 N–H and O–H groups in total. The van der Waals surface area contributed by atoms with Crippen molar-refractivity contribution in [1.29, 1.82) is 0 Å². The van der Waals surface area contributed by atoms with Gasteiger partial charge in [0.2, 0.25) is 0 Å². The maximum atomic E-state index is 10.6. The molecule has 0 spiro atoms. The van der Waals surface area contributed by atoms with E-state index < -0.39 is 5.97 Å². The summed E-state index contributed by atoms with van der Waals surface area (Å²) in [5.41, 5.74) is 7.68. The Balaban J connectivity index is 2.96. The average Bonchev–Trinajstić information content (AvgIpc) is 2.14. The summed E-state index contributed by atoms with van der Waals surface area (Å²) in [5.74, 6) is -0.949. The molecule has 3 nitrogen and oxygen atoms in total. The fraction of sp³-hybridized carbons (Fsp3) is 0.364. The molecule has 82 valence electrons. The van der Waals surface area contributed by atoms with Gasteiger partial charge in [0.25, 0.3) is 0 Å². The van der Waals surface area contributed by atoms with Crippen LogP contribution in [-0.2, 0) is 4.79 Å². The molecule has 0 aliphatic carbocycles. The van der Waals surface area contributed by atoms with Crippen molar-refractivity contribution in [3.63, 3.8) is 0 Å². The van der Waals surface area contributed by atoms with Gasteiger partial charge in [0, 0.05) is 10.4 Å². The zero-order chi connectivity index (χ0) is 11.4. The van der Waals surface area contributed by atoms with Gasteiger partial charge in [-0.05, 0) is 30.7 Å². The van der Waals surface area contributed by atoms with E-state index in [0.717, 1.165) is 15.6 Å². The molecule has 1 atom stereocenters. The minimum absolute atomic E-state index is 0.0676. The first kappa shape index (κ1) is 12.2.